The molecule has 0 aliphatic rings. The van der Waals surface area contributed by atoms with E-state index in [1.165, 1.54) is 0 Å². The third-order valence-electron chi connectivity index (χ3n) is 1.61. The number of hydrogen-bond acceptors (Lipinski definition) is 3. The van der Waals surface area contributed by atoms with Crippen LogP contribution in [0, 0.1) is 0 Å². The third kappa shape index (κ3) is 10.2. The molecule has 0 heterocycles. The van der Waals surface area contributed by atoms with Crippen LogP contribution in [0.2, 0.25) is 0 Å². The van der Waals surface area contributed by atoms with Crippen molar-refractivity contribution in [3.05, 3.63) is 0 Å². The fourth-order valence-electron chi connectivity index (χ4n) is 1.07. The lowest BCUT2D eigenvalue weighted by Gasteiger charge is -2.20. The van der Waals surface area contributed by atoms with Gasteiger partial charge in [0.15, 0.2) is 0 Å². The van der Waals surface area contributed by atoms with Gasteiger partial charge in [-0.2, -0.15) is 0 Å². The standard InChI is InChI=1S/C10H23NO2S/c1-9(8-14(5)12)11-6-7-13-10(2,3)4/h9,11H,6-8H2,1-5H3. The van der Waals surface area contributed by atoms with Crippen LogP contribution >= 0.6 is 0 Å². The maximum Gasteiger partial charge on any atom is 0.0599 e. The van der Waals surface area contributed by atoms with Gasteiger partial charge in [0, 0.05) is 35.4 Å². The van der Waals surface area contributed by atoms with Gasteiger partial charge in [-0.3, -0.25) is 4.21 Å². The molecule has 0 bridgehead atoms. The van der Waals surface area contributed by atoms with E-state index in [1.54, 1.807) is 6.26 Å². The second kappa shape index (κ2) is 6.53. The maximum absolute atomic E-state index is 10.9. The van der Waals surface area contributed by atoms with E-state index in [2.05, 4.69) is 5.32 Å². The Hall–Kier alpha value is 0.0700. The highest BCUT2D eigenvalue weighted by Gasteiger charge is 2.09. The van der Waals surface area contributed by atoms with E-state index < -0.39 is 10.8 Å². The third-order valence-corrected chi connectivity index (χ3v) is 2.58. The molecule has 0 radical (unpaired) electrons. The monoisotopic (exact) mass is 221 g/mol. The summed E-state index contributed by atoms with van der Waals surface area (Å²) >= 11 is 0. The van der Waals surface area contributed by atoms with Gasteiger partial charge in [0.1, 0.15) is 0 Å². The molecule has 3 nitrogen and oxygen atoms in total. The van der Waals surface area contributed by atoms with Crippen molar-refractivity contribution in [1.29, 1.82) is 0 Å². The first-order chi connectivity index (χ1) is 6.31. The molecule has 0 saturated carbocycles. The van der Waals surface area contributed by atoms with Crippen LogP contribution in [0.4, 0.5) is 0 Å². The van der Waals surface area contributed by atoms with Crippen LogP contribution in [-0.4, -0.2) is 41.0 Å². The number of nitrogens with one attached hydrogen (secondary N) is 1. The minimum Gasteiger partial charge on any atom is -0.375 e. The summed E-state index contributed by atoms with van der Waals surface area (Å²) < 4.78 is 16.4. The fraction of sp³-hybridized carbons (Fsp3) is 1.00. The number of hydrogen-bond donors (Lipinski definition) is 1. The minimum absolute atomic E-state index is 0.0709. The average molecular weight is 221 g/mol. The van der Waals surface area contributed by atoms with Gasteiger partial charge in [-0.1, -0.05) is 0 Å². The predicted octanol–water partition coefficient (Wildman–Crippen LogP) is 1.16. The SMILES string of the molecule is CC(CS(C)=O)NCCOC(C)(C)C. The summed E-state index contributed by atoms with van der Waals surface area (Å²) in [4.78, 5) is 0. The molecule has 0 rings (SSSR count). The highest BCUT2D eigenvalue weighted by molar-refractivity contribution is 7.84. The molecule has 0 aromatic carbocycles. The van der Waals surface area contributed by atoms with E-state index in [1.807, 2.05) is 27.7 Å². The highest BCUT2D eigenvalue weighted by Crippen LogP contribution is 2.05. The first-order valence-corrected chi connectivity index (χ1v) is 6.71. The molecule has 2 unspecified atom stereocenters. The van der Waals surface area contributed by atoms with Crippen molar-refractivity contribution in [2.24, 2.45) is 0 Å². The Balaban J connectivity index is 3.41. The van der Waals surface area contributed by atoms with Crippen molar-refractivity contribution >= 4 is 10.8 Å². The molecule has 0 aliphatic heterocycles. The van der Waals surface area contributed by atoms with Gasteiger partial charge in [0.25, 0.3) is 0 Å². The van der Waals surface area contributed by atoms with Gasteiger partial charge < -0.3 is 10.1 Å². The van der Waals surface area contributed by atoms with Crippen molar-refractivity contribution in [1.82, 2.24) is 5.32 Å². The minimum atomic E-state index is -0.721. The lowest BCUT2D eigenvalue weighted by Crippen LogP contribution is -2.35. The van der Waals surface area contributed by atoms with Crippen LogP contribution in [0.15, 0.2) is 0 Å². The Morgan fingerprint density at radius 1 is 1.43 bits per heavy atom. The van der Waals surface area contributed by atoms with Crippen LogP contribution in [0.3, 0.4) is 0 Å². The second-order valence-electron chi connectivity index (χ2n) is 4.56. The molecule has 86 valence electrons. The molecule has 0 aromatic heterocycles. The van der Waals surface area contributed by atoms with E-state index in [0.29, 0.717) is 18.4 Å². The lowest BCUT2D eigenvalue weighted by atomic mass is 10.2. The van der Waals surface area contributed by atoms with Crippen LogP contribution in [-0.2, 0) is 15.5 Å². The summed E-state index contributed by atoms with van der Waals surface area (Å²) in [5.74, 6) is 0.704. The van der Waals surface area contributed by atoms with Crippen molar-refractivity contribution in [3.63, 3.8) is 0 Å². The molecule has 14 heavy (non-hydrogen) atoms. The second-order valence-corrected chi connectivity index (χ2v) is 6.04. The van der Waals surface area contributed by atoms with E-state index in [-0.39, 0.29) is 5.60 Å². The summed E-state index contributed by atoms with van der Waals surface area (Å²) in [6, 6.07) is 0.296. The molecule has 0 aromatic rings. The van der Waals surface area contributed by atoms with Crippen LogP contribution in [0.1, 0.15) is 27.7 Å². The molecule has 0 fully saturated rings. The van der Waals surface area contributed by atoms with Gasteiger partial charge in [-0.15, -0.1) is 0 Å². The molecular formula is C10H23NO2S. The Bertz CT molecular complexity index is 177. The highest BCUT2D eigenvalue weighted by atomic mass is 32.2. The normalized spacial score (nSPS) is 16.6. The summed E-state index contributed by atoms with van der Waals surface area (Å²) in [7, 11) is -0.721. The van der Waals surface area contributed by atoms with Crippen LogP contribution in [0.5, 0.6) is 0 Å². The molecule has 4 heteroatoms. The zero-order valence-electron chi connectivity index (χ0n) is 9.92. The Kier molecular flexibility index (Phi) is 6.57. The van der Waals surface area contributed by atoms with E-state index in [4.69, 9.17) is 4.74 Å². The van der Waals surface area contributed by atoms with E-state index in [9.17, 15) is 4.21 Å². The van der Waals surface area contributed by atoms with Crippen LogP contribution < -0.4 is 5.32 Å². The molecule has 0 spiro atoms. The maximum atomic E-state index is 10.9. The average Bonchev–Trinajstić information content (AvgIpc) is 1.95. The van der Waals surface area contributed by atoms with Crippen molar-refractivity contribution in [2.45, 2.75) is 39.3 Å². The van der Waals surface area contributed by atoms with E-state index >= 15 is 0 Å². The molecule has 0 amide bonds. The molecule has 0 aliphatic carbocycles. The Morgan fingerprint density at radius 3 is 2.43 bits per heavy atom. The lowest BCUT2D eigenvalue weighted by molar-refractivity contribution is -0.00130. The summed E-state index contributed by atoms with van der Waals surface area (Å²) in [5, 5.41) is 3.27. The number of rotatable bonds is 6. The van der Waals surface area contributed by atoms with Gasteiger partial charge in [0.05, 0.1) is 12.2 Å². The first-order valence-electron chi connectivity index (χ1n) is 4.98. The summed E-state index contributed by atoms with van der Waals surface area (Å²) in [6.07, 6.45) is 1.73. The molecule has 2 atom stereocenters. The molecule has 0 saturated heterocycles. The zero-order valence-corrected chi connectivity index (χ0v) is 10.7. The van der Waals surface area contributed by atoms with Gasteiger partial charge in [-0.05, 0) is 27.7 Å². The largest absolute Gasteiger partial charge is 0.375 e. The summed E-state index contributed by atoms with van der Waals surface area (Å²) in [6.45, 7) is 9.67. The first kappa shape index (κ1) is 14.1. The van der Waals surface area contributed by atoms with Crippen molar-refractivity contribution in [3.8, 4) is 0 Å². The zero-order chi connectivity index (χ0) is 11.2. The topological polar surface area (TPSA) is 38.3 Å². The predicted molar refractivity (Wildman–Crippen MR) is 62.1 cm³/mol. The molecular weight excluding hydrogens is 198 g/mol. The number of ether oxygens (including phenoxy) is 1. The Labute approximate surface area is 90.1 Å². The quantitative estimate of drug-likeness (QED) is 0.684. The van der Waals surface area contributed by atoms with Gasteiger partial charge >= 0.3 is 0 Å². The van der Waals surface area contributed by atoms with Crippen LogP contribution in [0.25, 0.3) is 0 Å². The summed E-state index contributed by atoms with van der Waals surface area (Å²) in [5.41, 5.74) is -0.0709. The Morgan fingerprint density at radius 2 is 2.00 bits per heavy atom. The smallest absolute Gasteiger partial charge is 0.0599 e. The fourth-order valence-corrected chi connectivity index (χ4v) is 1.90. The van der Waals surface area contributed by atoms with E-state index in [0.717, 1.165) is 6.54 Å². The van der Waals surface area contributed by atoms with Gasteiger partial charge in [0.2, 0.25) is 0 Å². The van der Waals surface area contributed by atoms with Crippen molar-refractivity contribution < 1.29 is 8.95 Å². The van der Waals surface area contributed by atoms with Gasteiger partial charge in [-0.25, -0.2) is 0 Å². The molecule has 1 N–H and O–H groups in total. The van der Waals surface area contributed by atoms with Crippen molar-refractivity contribution in [2.75, 3.05) is 25.2 Å².